The van der Waals surface area contributed by atoms with E-state index in [1.165, 1.54) is 22.5 Å². The average Bonchev–Trinajstić information content (AvgIpc) is 3.79. The number of hydrogen-bond acceptors (Lipinski definition) is 3. The molecule has 0 aliphatic rings. The number of fused-ring (bicyclic) bond motifs is 10. The van der Waals surface area contributed by atoms with Crippen LogP contribution in [0, 0.1) is 19.0 Å². The molecule has 5 heterocycles. The molecule has 1 radical (unpaired) electrons. The van der Waals surface area contributed by atoms with E-state index in [-0.39, 0.29) is 25.7 Å². The molecule has 0 unspecified atom stereocenters. The summed E-state index contributed by atoms with van der Waals surface area (Å²) in [5.41, 5.74) is 8.95. The summed E-state index contributed by atoms with van der Waals surface area (Å²) in [4.78, 5) is 8.64. The van der Waals surface area contributed by atoms with E-state index in [1.807, 2.05) is 60.7 Å². The topological polar surface area (TPSA) is 43.3 Å². The zero-order valence-corrected chi connectivity index (χ0v) is 26.7. The molecule has 0 saturated heterocycles. The standard InChI is InChI=1S/C30H17N2O.C11H8N.Ir/c1-17-9-11-23(31-16-17)18-10-12-24-22(15-18)19-6-4-7-21-28-25(32(24)30(19)21)13-14-27-29(28)20-5-2-3-8-26(20)33-27;1-2-6-10(7-3-1)11-8-4-5-9-12-11;/h2-9,11-16H,1H3;1-6,8-9H;/q2*-1;/i1D3;;. The van der Waals surface area contributed by atoms with Crippen LogP contribution in [-0.4, -0.2) is 14.4 Å². The summed E-state index contributed by atoms with van der Waals surface area (Å²) in [5.74, 6) is 0. The largest absolute Gasteiger partial charge is 0.456 e. The van der Waals surface area contributed by atoms with Crippen LogP contribution in [0.5, 0.6) is 0 Å². The number of pyridine rings is 2. The molecule has 5 heteroatoms. The van der Waals surface area contributed by atoms with Crippen molar-refractivity contribution in [3.8, 4) is 22.5 Å². The maximum Gasteiger partial charge on any atom is 0.136 e. The Morgan fingerprint density at radius 3 is 2.33 bits per heavy atom. The summed E-state index contributed by atoms with van der Waals surface area (Å²) in [5, 5.41) is 6.94. The fourth-order valence-electron chi connectivity index (χ4n) is 6.50. The third-order valence-corrected chi connectivity index (χ3v) is 8.44. The average molecular weight is 771 g/mol. The van der Waals surface area contributed by atoms with Crippen molar-refractivity contribution in [2.45, 2.75) is 6.85 Å². The smallest absolute Gasteiger partial charge is 0.136 e. The second-order valence-electron chi connectivity index (χ2n) is 11.0. The molecule has 0 bridgehead atoms. The van der Waals surface area contributed by atoms with E-state index >= 15 is 0 Å². The van der Waals surface area contributed by atoms with Crippen LogP contribution >= 0.6 is 0 Å². The van der Waals surface area contributed by atoms with Gasteiger partial charge in [0.1, 0.15) is 11.2 Å². The van der Waals surface area contributed by atoms with Gasteiger partial charge in [0.25, 0.3) is 0 Å². The maximum absolute atomic E-state index is 7.60. The first-order valence-electron chi connectivity index (χ1n) is 16.2. The number of para-hydroxylation sites is 2. The van der Waals surface area contributed by atoms with Crippen LogP contribution in [-0.2, 0) is 20.1 Å². The molecular formula is C41H25IrN3O-2. The van der Waals surface area contributed by atoms with Gasteiger partial charge in [-0.25, -0.2) is 0 Å². The molecule has 0 N–H and O–H groups in total. The third-order valence-electron chi connectivity index (χ3n) is 8.44. The zero-order chi connectivity index (χ0) is 32.4. The van der Waals surface area contributed by atoms with E-state index in [2.05, 4.69) is 75.0 Å². The first-order chi connectivity index (χ1) is 23.5. The molecule has 0 atom stereocenters. The van der Waals surface area contributed by atoms with Gasteiger partial charge in [0.05, 0.1) is 5.52 Å². The Morgan fingerprint density at radius 1 is 0.652 bits per heavy atom. The van der Waals surface area contributed by atoms with Gasteiger partial charge >= 0.3 is 0 Å². The van der Waals surface area contributed by atoms with Gasteiger partial charge in [0.15, 0.2) is 0 Å². The molecule has 0 fully saturated rings. The van der Waals surface area contributed by atoms with Gasteiger partial charge in [-0.05, 0) is 59.0 Å². The summed E-state index contributed by atoms with van der Waals surface area (Å²) in [6.07, 6.45) is 3.22. The molecule has 0 spiro atoms. The third kappa shape index (κ3) is 4.39. The van der Waals surface area contributed by atoms with Gasteiger partial charge in [0.2, 0.25) is 0 Å². The van der Waals surface area contributed by atoms with Crippen LogP contribution in [0.3, 0.4) is 0 Å². The molecule has 46 heavy (non-hydrogen) atoms. The van der Waals surface area contributed by atoms with Crippen molar-refractivity contribution in [3.63, 3.8) is 0 Å². The Bertz CT molecular complexity index is 2720. The fourth-order valence-corrected chi connectivity index (χ4v) is 6.50. The molecule has 0 saturated carbocycles. The monoisotopic (exact) mass is 771 g/mol. The molecule has 5 aromatic carbocycles. The van der Waals surface area contributed by atoms with Gasteiger partial charge in [-0.1, -0.05) is 66.0 Å². The van der Waals surface area contributed by atoms with Gasteiger partial charge in [-0.2, -0.15) is 0 Å². The van der Waals surface area contributed by atoms with Crippen LogP contribution in [0.4, 0.5) is 0 Å². The van der Waals surface area contributed by atoms with Crippen LogP contribution in [0.25, 0.3) is 82.5 Å². The molecule has 0 aliphatic heterocycles. The minimum Gasteiger partial charge on any atom is -0.456 e. The van der Waals surface area contributed by atoms with Gasteiger partial charge < -0.3 is 18.8 Å². The Labute approximate surface area is 282 Å². The van der Waals surface area contributed by atoms with E-state index < -0.39 is 6.85 Å². The number of aryl methyl sites for hydroxylation is 1. The summed E-state index contributed by atoms with van der Waals surface area (Å²) < 4.78 is 31.3. The molecule has 4 nitrogen and oxygen atoms in total. The first-order valence-corrected chi connectivity index (χ1v) is 14.7. The van der Waals surface area contributed by atoms with Crippen molar-refractivity contribution in [1.29, 1.82) is 0 Å². The molecular weight excluding hydrogens is 743 g/mol. The second-order valence-corrected chi connectivity index (χ2v) is 11.0. The number of benzene rings is 5. The molecule has 0 aliphatic carbocycles. The number of nitrogens with zero attached hydrogens (tertiary/aromatic N) is 3. The Balaban J connectivity index is 0.000000228. The van der Waals surface area contributed by atoms with E-state index in [0.717, 1.165) is 60.6 Å². The van der Waals surface area contributed by atoms with Crippen molar-refractivity contribution in [3.05, 3.63) is 151 Å². The van der Waals surface area contributed by atoms with Crippen molar-refractivity contribution in [1.82, 2.24) is 14.4 Å². The number of aromatic nitrogens is 3. The second kappa shape index (κ2) is 11.2. The Morgan fingerprint density at radius 2 is 1.50 bits per heavy atom. The normalized spacial score (nSPS) is 12.7. The van der Waals surface area contributed by atoms with Gasteiger partial charge in [-0.15, -0.1) is 59.7 Å². The van der Waals surface area contributed by atoms with Crippen molar-refractivity contribution in [2.24, 2.45) is 0 Å². The number of rotatable bonds is 2. The van der Waals surface area contributed by atoms with Crippen molar-refractivity contribution < 1.29 is 28.6 Å². The predicted molar refractivity (Wildman–Crippen MR) is 184 cm³/mol. The fraction of sp³-hybridized carbons (Fsp3) is 0.0244. The summed E-state index contributed by atoms with van der Waals surface area (Å²) >= 11 is 0. The van der Waals surface area contributed by atoms with E-state index in [9.17, 15) is 0 Å². The first kappa shape index (κ1) is 24.9. The number of hydrogen-bond donors (Lipinski definition) is 0. The Hall–Kier alpha value is -5.35. The van der Waals surface area contributed by atoms with Crippen molar-refractivity contribution in [2.75, 3.05) is 0 Å². The van der Waals surface area contributed by atoms with E-state index in [0.29, 0.717) is 5.69 Å². The number of furan rings is 1. The SMILES string of the molecule is [2H]C([2H])([2H])c1ccc(-c2[c-]cc3c(c2)c2cccc4c5c6c(ccc5n3c24)oc2ccccc26)nc1.[Ir].[c-]1ccccc1-c1ccccn1. The van der Waals surface area contributed by atoms with Crippen LogP contribution < -0.4 is 0 Å². The minimum atomic E-state index is -2.17. The summed E-state index contributed by atoms with van der Waals surface area (Å²) in [6.45, 7) is -2.17. The zero-order valence-electron chi connectivity index (χ0n) is 27.3. The van der Waals surface area contributed by atoms with Gasteiger partial charge in [-0.3, -0.25) is 0 Å². The van der Waals surface area contributed by atoms with Crippen LogP contribution in [0.2, 0.25) is 0 Å². The van der Waals surface area contributed by atoms with E-state index in [1.54, 1.807) is 18.3 Å². The predicted octanol–water partition coefficient (Wildman–Crippen LogP) is 10.5. The maximum atomic E-state index is 7.60. The quantitative estimate of drug-likeness (QED) is 0.165. The molecule has 0 amide bonds. The van der Waals surface area contributed by atoms with E-state index in [4.69, 9.17) is 8.53 Å². The summed E-state index contributed by atoms with van der Waals surface area (Å²) in [6, 6.07) is 46.6. The van der Waals surface area contributed by atoms with Gasteiger partial charge in [0, 0.05) is 63.7 Å². The molecule has 5 aromatic heterocycles. The Kier molecular flexibility index (Phi) is 6.08. The van der Waals surface area contributed by atoms with Crippen LogP contribution in [0.15, 0.2) is 138 Å². The minimum absolute atomic E-state index is 0. The summed E-state index contributed by atoms with van der Waals surface area (Å²) in [7, 11) is 0. The van der Waals surface area contributed by atoms with Crippen LogP contribution in [0.1, 0.15) is 9.68 Å². The molecule has 10 aromatic rings. The van der Waals surface area contributed by atoms with Crippen molar-refractivity contribution >= 4 is 60.0 Å². The molecule has 221 valence electrons. The molecule has 10 rings (SSSR count).